The minimum Gasteiger partial charge on any atom is -0.282 e. The molecule has 0 bridgehead atoms. The summed E-state index contributed by atoms with van der Waals surface area (Å²) < 4.78 is 2.00. The Morgan fingerprint density at radius 2 is 1.31 bits per heavy atom. The zero-order valence-corrected chi connectivity index (χ0v) is 15.1. The van der Waals surface area contributed by atoms with Crippen molar-refractivity contribution in [2.24, 2.45) is 10.2 Å². The molecular weight excluding hydrogens is 320 g/mol. The first kappa shape index (κ1) is 16.2. The molecule has 0 radical (unpaired) electrons. The Hall–Kier alpha value is -3.27. The van der Waals surface area contributed by atoms with E-state index in [4.69, 9.17) is 4.98 Å². The fourth-order valence-electron chi connectivity index (χ4n) is 2.86. The van der Waals surface area contributed by atoms with Crippen molar-refractivity contribution in [3.8, 4) is 11.3 Å². The van der Waals surface area contributed by atoms with Gasteiger partial charge in [0.2, 0.25) is 0 Å². The van der Waals surface area contributed by atoms with E-state index in [1.165, 1.54) is 11.1 Å². The summed E-state index contributed by atoms with van der Waals surface area (Å²) in [7, 11) is 0. The first-order valence-corrected chi connectivity index (χ1v) is 8.64. The molecule has 4 nitrogen and oxygen atoms in total. The normalized spacial score (nSPS) is 11.5. The summed E-state index contributed by atoms with van der Waals surface area (Å²) in [5.74, 6) is 0.744. The van der Waals surface area contributed by atoms with Crippen LogP contribution in [0.15, 0.2) is 77.1 Å². The predicted octanol–water partition coefficient (Wildman–Crippen LogP) is 6.34. The van der Waals surface area contributed by atoms with Crippen LogP contribution in [-0.4, -0.2) is 9.38 Å². The van der Waals surface area contributed by atoms with Crippen molar-refractivity contribution < 1.29 is 0 Å². The van der Waals surface area contributed by atoms with Gasteiger partial charge < -0.3 is 0 Å². The molecule has 26 heavy (non-hydrogen) atoms. The molecule has 0 aliphatic rings. The summed E-state index contributed by atoms with van der Waals surface area (Å²) in [5.41, 5.74) is 7.14. The molecule has 0 atom stereocenters. The van der Waals surface area contributed by atoms with Gasteiger partial charge in [-0.25, -0.2) is 4.98 Å². The van der Waals surface area contributed by atoms with Crippen LogP contribution in [0.2, 0.25) is 0 Å². The molecule has 0 amide bonds. The van der Waals surface area contributed by atoms with Gasteiger partial charge in [-0.1, -0.05) is 53.6 Å². The lowest BCUT2D eigenvalue weighted by molar-refractivity contribution is 1.09. The Morgan fingerprint density at radius 1 is 0.692 bits per heavy atom. The topological polar surface area (TPSA) is 42.0 Å². The van der Waals surface area contributed by atoms with Crippen LogP contribution < -0.4 is 0 Å². The highest BCUT2D eigenvalue weighted by Crippen LogP contribution is 2.32. The van der Waals surface area contributed by atoms with E-state index in [0.29, 0.717) is 0 Å². The van der Waals surface area contributed by atoms with Gasteiger partial charge in [0.05, 0.1) is 5.69 Å². The molecule has 0 saturated carbocycles. The molecular formula is C22H20N4. The lowest BCUT2D eigenvalue weighted by Crippen LogP contribution is -1.85. The van der Waals surface area contributed by atoms with Crippen molar-refractivity contribution in [3.05, 3.63) is 83.6 Å². The average molecular weight is 340 g/mol. The first-order chi connectivity index (χ1) is 12.6. The Bertz CT molecular complexity index is 1090. The molecule has 4 rings (SSSR count). The van der Waals surface area contributed by atoms with E-state index in [9.17, 15) is 0 Å². The monoisotopic (exact) mass is 340 g/mol. The lowest BCUT2D eigenvalue weighted by atomic mass is 10.1. The SMILES string of the molecule is Cc1ccc(N=Nc2c(-c3ccc(C)cc3)nc3ccc(C)cn23)cc1. The fraction of sp³-hybridized carbons (Fsp3) is 0.136. The molecule has 0 unspecified atom stereocenters. The maximum atomic E-state index is 4.79. The van der Waals surface area contributed by atoms with Crippen LogP contribution in [0.3, 0.4) is 0 Å². The lowest BCUT2D eigenvalue weighted by Gasteiger charge is -2.01. The summed E-state index contributed by atoms with van der Waals surface area (Å²) in [4.78, 5) is 4.79. The zero-order valence-electron chi connectivity index (χ0n) is 15.1. The third-order valence-electron chi connectivity index (χ3n) is 4.36. The van der Waals surface area contributed by atoms with Crippen molar-refractivity contribution in [1.82, 2.24) is 9.38 Å². The highest BCUT2D eigenvalue weighted by Gasteiger charge is 2.14. The van der Waals surface area contributed by atoms with E-state index in [1.54, 1.807) is 0 Å². The van der Waals surface area contributed by atoms with E-state index in [0.717, 1.165) is 34.0 Å². The molecule has 2 aromatic heterocycles. The van der Waals surface area contributed by atoms with Gasteiger partial charge in [0.15, 0.2) is 5.82 Å². The third-order valence-corrected chi connectivity index (χ3v) is 4.36. The minimum absolute atomic E-state index is 0.744. The van der Waals surface area contributed by atoms with Crippen LogP contribution >= 0.6 is 0 Å². The van der Waals surface area contributed by atoms with Gasteiger partial charge in [0, 0.05) is 11.8 Å². The highest BCUT2D eigenvalue weighted by atomic mass is 15.2. The van der Waals surface area contributed by atoms with Gasteiger partial charge in [-0.05, 0) is 44.5 Å². The van der Waals surface area contributed by atoms with E-state index in [-0.39, 0.29) is 0 Å². The predicted molar refractivity (Wildman–Crippen MR) is 105 cm³/mol. The van der Waals surface area contributed by atoms with E-state index in [2.05, 4.69) is 61.3 Å². The van der Waals surface area contributed by atoms with Crippen molar-refractivity contribution in [1.29, 1.82) is 0 Å². The summed E-state index contributed by atoms with van der Waals surface area (Å²) in [6, 6.07) is 20.4. The van der Waals surface area contributed by atoms with Crippen LogP contribution in [0.25, 0.3) is 16.9 Å². The first-order valence-electron chi connectivity index (χ1n) is 8.64. The van der Waals surface area contributed by atoms with Crippen molar-refractivity contribution in [3.63, 3.8) is 0 Å². The number of aromatic nitrogens is 2. The number of aryl methyl sites for hydroxylation is 3. The molecule has 128 valence electrons. The van der Waals surface area contributed by atoms with Gasteiger partial charge in [0.25, 0.3) is 0 Å². The molecule has 0 saturated heterocycles. The number of pyridine rings is 1. The van der Waals surface area contributed by atoms with Crippen LogP contribution in [0.4, 0.5) is 11.5 Å². The maximum absolute atomic E-state index is 4.79. The molecule has 4 heteroatoms. The van der Waals surface area contributed by atoms with E-state index in [1.807, 2.05) is 40.9 Å². The van der Waals surface area contributed by atoms with Crippen molar-refractivity contribution in [2.75, 3.05) is 0 Å². The van der Waals surface area contributed by atoms with E-state index >= 15 is 0 Å². The summed E-state index contributed by atoms with van der Waals surface area (Å²) >= 11 is 0. The van der Waals surface area contributed by atoms with Gasteiger partial charge in [-0.15, -0.1) is 10.2 Å². The van der Waals surface area contributed by atoms with E-state index < -0.39 is 0 Å². The quantitative estimate of drug-likeness (QED) is 0.401. The number of imidazole rings is 1. The van der Waals surface area contributed by atoms with Gasteiger partial charge in [-0.2, -0.15) is 0 Å². The smallest absolute Gasteiger partial charge is 0.187 e. The number of hydrogen-bond donors (Lipinski definition) is 0. The van der Waals surface area contributed by atoms with Crippen LogP contribution in [0, 0.1) is 20.8 Å². The van der Waals surface area contributed by atoms with Crippen LogP contribution in [0.1, 0.15) is 16.7 Å². The molecule has 2 heterocycles. The third kappa shape index (κ3) is 3.14. The Labute approximate surface area is 152 Å². The van der Waals surface area contributed by atoms with Gasteiger partial charge in [0.1, 0.15) is 11.3 Å². The van der Waals surface area contributed by atoms with Crippen molar-refractivity contribution >= 4 is 17.2 Å². The Morgan fingerprint density at radius 3 is 2.00 bits per heavy atom. The molecule has 0 spiro atoms. The number of azo groups is 1. The standard InChI is InChI=1S/C22H20N4/c1-15-4-9-18(10-5-15)21-22(25-24-19-11-6-16(2)7-12-19)26-14-17(3)8-13-20(26)23-21/h4-14H,1-3H3. The van der Waals surface area contributed by atoms with Gasteiger partial charge >= 0.3 is 0 Å². The minimum atomic E-state index is 0.744. The average Bonchev–Trinajstić information content (AvgIpc) is 2.99. The maximum Gasteiger partial charge on any atom is 0.187 e. The summed E-state index contributed by atoms with van der Waals surface area (Å²) in [6.45, 7) is 6.20. The number of hydrogen-bond acceptors (Lipinski definition) is 3. The van der Waals surface area contributed by atoms with Crippen LogP contribution in [0.5, 0.6) is 0 Å². The molecule has 4 aromatic rings. The largest absolute Gasteiger partial charge is 0.282 e. The van der Waals surface area contributed by atoms with Gasteiger partial charge in [-0.3, -0.25) is 4.40 Å². The summed E-state index contributed by atoms with van der Waals surface area (Å²) in [6.07, 6.45) is 2.05. The molecule has 2 aromatic carbocycles. The fourth-order valence-corrected chi connectivity index (χ4v) is 2.86. The van der Waals surface area contributed by atoms with Crippen LogP contribution in [-0.2, 0) is 0 Å². The molecule has 0 aliphatic carbocycles. The van der Waals surface area contributed by atoms with Crippen molar-refractivity contribution in [2.45, 2.75) is 20.8 Å². The molecule has 0 N–H and O–H groups in total. The summed E-state index contributed by atoms with van der Waals surface area (Å²) in [5, 5.41) is 9.00. The zero-order chi connectivity index (χ0) is 18.1. The second-order valence-corrected chi connectivity index (χ2v) is 6.62. The number of benzene rings is 2. The Kier molecular flexibility index (Phi) is 4.09. The highest BCUT2D eigenvalue weighted by molar-refractivity contribution is 5.74. The molecule has 0 aliphatic heterocycles. The number of rotatable bonds is 3. The molecule has 0 fully saturated rings. The number of fused-ring (bicyclic) bond motifs is 1. The Balaban J connectivity index is 1.87. The number of nitrogens with zero attached hydrogens (tertiary/aromatic N) is 4. The second kappa shape index (κ2) is 6.56. The second-order valence-electron chi connectivity index (χ2n) is 6.62.